The number of rotatable bonds is 5. The maximum absolute atomic E-state index is 10.2. The van der Waals surface area contributed by atoms with Gasteiger partial charge in [0.2, 0.25) is 0 Å². The van der Waals surface area contributed by atoms with Crippen molar-refractivity contribution in [2.75, 3.05) is 0 Å². The van der Waals surface area contributed by atoms with Crippen LogP contribution in [0.25, 0.3) is 0 Å². The van der Waals surface area contributed by atoms with Crippen molar-refractivity contribution in [1.82, 2.24) is 0 Å². The lowest BCUT2D eigenvalue weighted by atomic mass is 9.47. The molecule has 1 nitrogen and oxygen atoms in total. The van der Waals surface area contributed by atoms with Gasteiger partial charge in [-0.15, -0.1) is 0 Å². The van der Waals surface area contributed by atoms with E-state index in [0.29, 0.717) is 16.7 Å². The molecule has 0 radical (unpaired) electrons. The minimum Gasteiger partial charge on any atom is -0.393 e. The van der Waals surface area contributed by atoms with Gasteiger partial charge in [-0.05, 0) is 110 Å². The Morgan fingerprint density at radius 1 is 1.03 bits per heavy atom. The lowest BCUT2D eigenvalue weighted by Crippen LogP contribution is -2.50. The fraction of sp³-hybridized carbons (Fsp3) is 0.862. The molecule has 0 saturated heterocycles. The van der Waals surface area contributed by atoms with E-state index in [4.69, 9.17) is 0 Å². The molecule has 30 heavy (non-hydrogen) atoms. The maximum atomic E-state index is 10.2. The third-order valence-electron chi connectivity index (χ3n) is 10.8. The standard InChI is InChI=1S/C29H48O/c1-7-21(19(2)3)9-8-20(4)25-12-13-26-24-11-10-22-18-23(30)14-16-28(22,5)27(24)15-17-29(25,26)6/h8-10,19-21,23-27,30H,7,11-18H2,1-6H3/b9-8+/t20?,21-,23+,24?,25-,26?,27?,28+,29-/m1/s1. The SMILES string of the molecule is CC[C@H](/C=C/C(C)[C@H]1CCC2C3CC=C4C[C@@H](O)CC[C@]4(C)C3CC[C@@]21C)C(C)C. The van der Waals surface area contributed by atoms with Crippen molar-refractivity contribution in [2.45, 2.75) is 105 Å². The number of aliphatic hydroxyl groups excluding tert-OH is 1. The molecule has 0 amide bonds. The summed E-state index contributed by atoms with van der Waals surface area (Å²) in [5.74, 6) is 5.70. The van der Waals surface area contributed by atoms with Crippen LogP contribution < -0.4 is 0 Å². The minimum absolute atomic E-state index is 0.0870. The Morgan fingerprint density at radius 3 is 2.50 bits per heavy atom. The lowest BCUT2D eigenvalue weighted by molar-refractivity contribution is -0.0540. The molecule has 0 spiro atoms. The van der Waals surface area contributed by atoms with E-state index >= 15 is 0 Å². The van der Waals surface area contributed by atoms with Crippen molar-refractivity contribution in [3.63, 3.8) is 0 Å². The number of hydrogen-bond donors (Lipinski definition) is 1. The van der Waals surface area contributed by atoms with Gasteiger partial charge in [-0.1, -0.05) is 65.3 Å². The summed E-state index contributed by atoms with van der Waals surface area (Å²) in [5.41, 5.74) is 2.51. The van der Waals surface area contributed by atoms with Crippen molar-refractivity contribution in [3.05, 3.63) is 23.8 Å². The Morgan fingerprint density at radius 2 is 1.80 bits per heavy atom. The summed E-state index contributed by atoms with van der Waals surface area (Å²) in [6.45, 7) is 14.8. The average Bonchev–Trinajstić information content (AvgIpc) is 3.06. The molecule has 4 unspecified atom stereocenters. The zero-order chi connectivity index (χ0) is 21.7. The summed E-state index contributed by atoms with van der Waals surface area (Å²) >= 11 is 0. The van der Waals surface area contributed by atoms with Crippen LogP contribution in [0, 0.1) is 52.3 Å². The predicted octanol–water partition coefficient (Wildman–Crippen LogP) is 7.80. The number of aliphatic hydroxyl groups is 1. The van der Waals surface area contributed by atoms with Gasteiger partial charge >= 0.3 is 0 Å². The maximum Gasteiger partial charge on any atom is 0.0577 e. The molecule has 170 valence electrons. The Kier molecular flexibility index (Phi) is 6.35. The third-order valence-corrected chi connectivity index (χ3v) is 10.8. The quantitative estimate of drug-likeness (QED) is 0.457. The predicted molar refractivity (Wildman–Crippen MR) is 128 cm³/mol. The normalized spacial score (nSPS) is 45.6. The van der Waals surface area contributed by atoms with Crippen LogP contribution >= 0.6 is 0 Å². The molecule has 0 aromatic heterocycles. The first-order chi connectivity index (χ1) is 14.2. The Bertz CT molecular complexity index is 674. The first kappa shape index (κ1) is 22.6. The monoisotopic (exact) mass is 412 g/mol. The summed E-state index contributed by atoms with van der Waals surface area (Å²) in [6.07, 6.45) is 19.1. The largest absolute Gasteiger partial charge is 0.393 e. The average molecular weight is 413 g/mol. The molecular formula is C29H48O. The molecule has 0 aromatic rings. The molecule has 4 rings (SSSR count). The smallest absolute Gasteiger partial charge is 0.0577 e. The highest BCUT2D eigenvalue weighted by atomic mass is 16.3. The third kappa shape index (κ3) is 3.66. The number of fused-ring (bicyclic) bond motifs is 5. The highest BCUT2D eigenvalue weighted by molar-refractivity contribution is 5.25. The fourth-order valence-corrected chi connectivity index (χ4v) is 8.83. The molecule has 4 aliphatic rings. The van der Waals surface area contributed by atoms with Crippen LogP contribution in [0.3, 0.4) is 0 Å². The molecule has 0 heterocycles. The Labute approximate surface area is 186 Å². The minimum atomic E-state index is -0.0870. The van der Waals surface area contributed by atoms with Gasteiger partial charge < -0.3 is 5.11 Å². The van der Waals surface area contributed by atoms with Gasteiger partial charge in [-0.2, -0.15) is 0 Å². The van der Waals surface area contributed by atoms with Gasteiger partial charge in [0.25, 0.3) is 0 Å². The molecule has 9 atom stereocenters. The zero-order valence-electron chi connectivity index (χ0n) is 20.7. The summed E-state index contributed by atoms with van der Waals surface area (Å²) in [4.78, 5) is 0. The first-order valence-electron chi connectivity index (χ1n) is 13.3. The van der Waals surface area contributed by atoms with Crippen LogP contribution in [0.5, 0.6) is 0 Å². The fourth-order valence-electron chi connectivity index (χ4n) is 8.83. The van der Waals surface area contributed by atoms with Gasteiger partial charge in [-0.25, -0.2) is 0 Å². The summed E-state index contributed by atoms with van der Waals surface area (Å²) in [6, 6.07) is 0. The van der Waals surface area contributed by atoms with E-state index in [1.54, 1.807) is 5.57 Å². The van der Waals surface area contributed by atoms with Crippen molar-refractivity contribution >= 4 is 0 Å². The second-order valence-electron chi connectivity index (χ2n) is 12.4. The molecule has 3 saturated carbocycles. The van der Waals surface area contributed by atoms with Crippen molar-refractivity contribution in [3.8, 4) is 0 Å². The molecule has 1 heteroatoms. The molecule has 0 aliphatic heterocycles. The first-order valence-corrected chi connectivity index (χ1v) is 13.3. The summed E-state index contributed by atoms with van der Waals surface area (Å²) < 4.78 is 0. The molecule has 0 bridgehead atoms. The van der Waals surface area contributed by atoms with Gasteiger partial charge in [0.15, 0.2) is 0 Å². The van der Waals surface area contributed by atoms with Crippen LogP contribution in [-0.4, -0.2) is 11.2 Å². The second-order valence-corrected chi connectivity index (χ2v) is 12.4. The molecule has 0 aromatic carbocycles. The highest BCUT2D eigenvalue weighted by Gasteiger charge is 2.58. The zero-order valence-corrected chi connectivity index (χ0v) is 20.7. The van der Waals surface area contributed by atoms with Gasteiger partial charge in [0.1, 0.15) is 0 Å². The van der Waals surface area contributed by atoms with Crippen LogP contribution in [0.15, 0.2) is 23.8 Å². The van der Waals surface area contributed by atoms with Crippen molar-refractivity contribution in [2.24, 2.45) is 52.3 Å². The van der Waals surface area contributed by atoms with E-state index in [1.165, 1.54) is 44.9 Å². The Balaban J connectivity index is 1.52. The topological polar surface area (TPSA) is 20.2 Å². The van der Waals surface area contributed by atoms with E-state index < -0.39 is 0 Å². The van der Waals surface area contributed by atoms with Crippen molar-refractivity contribution < 1.29 is 5.11 Å². The van der Waals surface area contributed by atoms with E-state index in [1.807, 2.05) is 0 Å². The van der Waals surface area contributed by atoms with Crippen LogP contribution in [0.2, 0.25) is 0 Å². The van der Waals surface area contributed by atoms with Crippen LogP contribution in [0.1, 0.15) is 99.3 Å². The highest BCUT2D eigenvalue weighted by Crippen LogP contribution is 2.67. The number of allylic oxidation sites excluding steroid dienone is 3. The second kappa shape index (κ2) is 8.42. The van der Waals surface area contributed by atoms with E-state index in [0.717, 1.165) is 48.3 Å². The van der Waals surface area contributed by atoms with Gasteiger partial charge in [0, 0.05) is 0 Å². The van der Waals surface area contributed by atoms with E-state index in [9.17, 15) is 5.11 Å². The van der Waals surface area contributed by atoms with E-state index in [-0.39, 0.29) is 6.10 Å². The van der Waals surface area contributed by atoms with Crippen LogP contribution in [-0.2, 0) is 0 Å². The molecular weight excluding hydrogens is 364 g/mol. The summed E-state index contributed by atoms with van der Waals surface area (Å²) in [5, 5.41) is 10.2. The lowest BCUT2D eigenvalue weighted by Gasteiger charge is -2.58. The molecule has 3 fully saturated rings. The van der Waals surface area contributed by atoms with Crippen LogP contribution in [0.4, 0.5) is 0 Å². The molecule has 4 aliphatic carbocycles. The Hall–Kier alpha value is -0.560. The van der Waals surface area contributed by atoms with Gasteiger partial charge in [0.05, 0.1) is 6.10 Å². The summed E-state index contributed by atoms with van der Waals surface area (Å²) in [7, 11) is 0. The van der Waals surface area contributed by atoms with Crippen molar-refractivity contribution in [1.29, 1.82) is 0 Å². The van der Waals surface area contributed by atoms with E-state index in [2.05, 4.69) is 59.8 Å². The number of hydrogen-bond acceptors (Lipinski definition) is 1. The molecule has 1 N–H and O–H groups in total. The van der Waals surface area contributed by atoms with Gasteiger partial charge in [-0.3, -0.25) is 0 Å².